The molecule has 0 spiro atoms. The summed E-state index contributed by atoms with van der Waals surface area (Å²) >= 11 is 0. The van der Waals surface area contributed by atoms with Crippen LogP contribution in [0.4, 0.5) is 5.95 Å². The molecule has 17 heavy (non-hydrogen) atoms. The molecule has 1 aromatic heterocycles. The fourth-order valence-electron chi connectivity index (χ4n) is 1.76. The van der Waals surface area contributed by atoms with Crippen LogP contribution in [0.15, 0.2) is 30.5 Å². The van der Waals surface area contributed by atoms with Gasteiger partial charge in [0.15, 0.2) is 0 Å². The minimum absolute atomic E-state index is 0.0861. The summed E-state index contributed by atoms with van der Waals surface area (Å²) < 4.78 is 0. The molecule has 1 aromatic carbocycles. The van der Waals surface area contributed by atoms with E-state index in [4.69, 9.17) is 5.73 Å². The Kier molecular flexibility index (Phi) is 3.24. The highest BCUT2D eigenvalue weighted by atomic mass is 15.1. The maximum atomic E-state index is 5.58. The molecule has 4 nitrogen and oxygen atoms in total. The summed E-state index contributed by atoms with van der Waals surface area (Å²) in [5.74, 6) is 0.655. The van der Waals surface area contributed by atoms with E-state index in [1.54, 1.807) is 0 Å². The number of nitrogens with zero attached hydrogens (tertiary/aromatic N) is 2. The third kappa shape index (κ3) is 2.91. The van der Waals surface area contributed by atoms with E-state index >= 15 is 0 Å². The summed E-state index contributed by atoms with van der Waals surface area (Å²) in [6, 6.07) is 7.95. The van der Waals surface area contributed by atoms with Crippen LogP contribution in [-0.4, -0.2) is 22.1 Å². The first-order chi connectivity index (χ1) is 8.11. The second-order valence-corrected chi connectivity index (χ2v) is 4.80. The van der Waals surface area contributed by atoms with Crippen molar-refractivity contribution in [3.63, 3.8) is 0 Å². The molecule has 2 aromatic rings. The van der Waals surface area contributed by atoms with Gasteiger partial charge in [-0.05, 0) is 32.9 Å². The molecule has 0 aliphatic heterocycles. The third-order valence-electron chi connectivity index (χ3n) is 2.71. The summed E-state index contributed by atoms with van der Waals surface area (Å²) in [4.78, 5) is 8.79. The molecular weight excluding hydrogens is 212 g/mol. The second-order valence-electron chi connectivity index (χ2n) is 4.80. The lowest BCUT2D eigenvalue weighted by molar-refractivity contribution is 0.522. The number of nitrogens with two attached hydrogens (primary N) is 1. The van der Waals surface area contributed by atoms with Gasteiger partial charge in [0.25, 0.3) is 0 Å². The van der Waals surface area contributed by atoms with E-state index in [0.29, 0.717) is 12.5 Å². The van der Waals surface area contributed by atoms with Crippen LogP contribution >= 0.6 is 0 Å². The fraction of sp³-hybridized carbons (Fsp3) is 0.385. The average molecular weight is 230 g/mol. The minimum atomic E-state index is -0.0861. The van der Waals surface area contributed by atoms with Crippen LogP contribution in [-0.2, 0) is 0 Å². The molecule has 0 saturated carbocycles. The zero-order chi connectivity index (χ0) is 12.3. The smallest absolute Gasteiger partial charge is 0.223 e. The molecule has 4 heteroatoms. The molecule has 0 fully saturated rings. The molecule has 0 amide bonds. The highest BCUT2D eigenvalue weighted by Gasteiger charge is 2.17. The van der Waals surface area contributed by atoms with Crippen molar-refractivity contribution in [1.29, 1.82) is 0 Å². The van der Waals surface area contributed by atoms with Crippen molar-refractivity contribution in [3.8, 4) is 0 Å². The van der Waals surface area contributed by atoms with E-state index in [1.807, 2.05) is 30.5 Å². The molecule has 0 bridgehead atoms. The molecule has 3 N–H and O–H groups in total. The predicted molar refractivity (Wildman–Crippen MR) is 70.9 cm³/mol. The van der Waals surface area contributed by atoms with Crippen molar-refractivity contribution in [2.75, 3.05) is 11.9 Å². The van der Waals surface area contributed by atoms with Gasteiger partial charge >= 0.3 is 0 Å². The van der Waals surface area contributed by atoms with Gasteiger partial charge in [-0.1, -0.05) is 18.2 Å². The quantitative estimate of drug-likeness (QED) is 0.845. The van der Waals surface area contributed by atoms with Gasteiger partial charge in [-0.2, -0.15) is 0 Å². The number of hydrogen-bond acceptors (Lipinski definition) is 4. The Morgan fingerprint density at radius 2 is 2.06 bits per heavy atom. The van der Waals surface area contributed by atoms with Crippen molar-refractivity contribution in [2.45, 2.75) is 25.8 Å². The summed E-state index contributed by atoms with van der Waals surface area (Å²) in [5, 5.41) is 4.36. The standard InChI is InChI=1S/C13H18N4/c1-13(2,7-8-14)17-12-15-9-10-5-3-4-6-11(10)16-12/h3-6,9H,7-8,14H2,1-2H3,(H,15,16,17). The SMILES string of the molecule is CC(C)(CCN)Nc1ncc2ccccc2n1. The number of benzene rings is 1. The Bertz CT molecular complexity index is 508. The molecule has 1 heterocycles. The molecule has 0 aliphatic rings. The largest absolute Gasteiger partial charge is 0.349 e. The number of anilines is 1. The molecule has 2 rings (SSSR count). The van der Waals surface area contributed by atoms with Gasteiger partial charge in [-0.25, -0.2) is 9.97 Å². The van der Waals surface area contributed by atoms with Gasteiger partial charge in [0.2, 0.25) is 5.95 Å². The lowest BCUT2D eigenvalue weighted by Gasteiger charge is -2.25. The topological polar surface area (TPSA) is 63.8 Å². The van der Waals surface area contributed by atoms with Gasteiger partial charge in [-0.15, -0.1) is 0 Å². The van der Waals surface area contributed by atoms with Crippen LogP contribution in [0.1, 0.15) is 20.3 Å². The van der Waals surface area contributed by atoms with Crippen LogP contribution in [0.3, 0.4) is 0 Å². The summed E-state index contributed by atoms with van der Waals surface area (Å²) in [6.07, 6.45) is 2.71. The van der Waals surface area contributed by atoms with Gasteiger partial charge in [0, 0.05) is 17.1 Å². The van der Waals surface area contributed by atoms with Crippen LogP contribution in [0.2, 0.25) is 0 Å². The monoisotopic (exact) mass is 230 g/mol. The molecule has 0 radical (unpaired) electrons. The molecule has 0 saturated heterocycles. The molecule has 0 atom stereocenters. The van der Waals surface area contributed by atoms with E-state index < -0.39 is 0 Å². The van der Waals surface area contributed by atoms with E-state index in [-0.39, 0.29) is 5.54 Å². The first-order valence-corrected chi connectivity index (χ1v) is 5.81. The molecular formula is C13H18N4. The lowest BCUT2D eigenvalue weighted by Crippen LogP contribution is -2.34. The summed E-state index contributed by atoms with van der Waals surface area (Å²) in [5.41, 5.74) is 6.44. The predicted octanol–water partition coefficient (Wildman–Crippen LogP) is 2.17. The molecule has 0 aliphatic carbocycles. The Hall–Kier alpha value is -1.68. The number of para-hydroxylation sites is 1. The highest BCUT2D eigenvalue weighted by Crippen LogP contribution is 2.17. The van der Waals surface area contributed by atoms with Crippen LogP contribution in [0.5, 0.6) is 0 Å². The zero-order valence-electron chi connectivity index (χ0n) is 10.3. The van der Waals surface area contributed by atoms with Crippen molar-refractivity contribution >= 4 is 16.9 Å². The first-order valence-electron chi connectivity index (χ1n) is 5.81. The van der Waals surface area contributed by atoms with Crippen molar-refractivity contribution in [2.24, 2.45) is 5.73 Å². The Balaban J connectivity index is 2.25. The van der Waals surface area contributed by atoms with E-state index in [2.05, 4.69) is 29.1 Å². The van der Waals surface area contributed by atoms with E-state index in [9.17, 15) is 0 Å². The first kappa shape index (κ1) is 11.8. The number of fused-ring (bicyclic) bond motifs is 1. The average Bonchev–Trinajstić information content (AvgIpc) is 2.28. The maximum Gasteiger partial charge on any atom is 0.223 e. The van der Waals surface area contributed by atoms with E-state index in [1.165, 1.54) is 0 Å². The zero-order valence-corrected chi connectivity index (χ0v) is 10.3. The molecule has 90 valence electrons. The van der Waals surface area contributed by atoms with Gasteiger partial charge in [0.1, 0.15) is 0 Å². The van der Waals surface area contributed by atoms with Crippen LogP contribution in [0, 0.1) is 0 Å². The minimum Gasteiger partial charge on any atom is -0.349 e. The van der Waals surface area contributed by atoms with Crippen molar-refractivity contribution in [1.82, 2.24) is 9.97 Å². The highest BCUT2D eigenvalue weighted by molar-refractivity contribution is 5.78. The number of rotatable bonds is 4. The van der Waals surface area contributed by atoms with Crippen LogP contribution in [0.25, 0.3) is 10.9 Å². The van der Waals surface area contributed by atoms with E-state index in [0.717, 1.165) is 17.3 Å². The summed E-state index contributed by atoms with van der Waals surface area (Å²) in [6.45, 7) is 4.84. The third-order valence-corrected chi connectivity index (χ3v) is 2.71. The second kappa shape index (κ2) is 4.67. The number of aromatic nitrogens is 2. The maximum absolute atomic E-state index is 5.58. The van der Waals surface area contributed by atoms with Crippen LogP contribution < -0.4 is 11.1 Å². The Labute approximate surface area is 101 Å². The van der Waals surface area contributed by atoms with Gasteiger partial charge in [0.05, 0.1) is 5.52 Å². The lowest BCUT2D eigenvalue weighted by atomic mass is 10.0. The number of nitrogens with one attached hydrogen (secondary N) is 1. The number of hydrogen-bond donors (Lipinski definition) is 2. The van der Waals surface area contributed by atoms with Gasteiger partial charge < -0.3 is 11.1 Å². The summed E-state index contributed by atoms with van der Waals surface area (Å²) in [7, 11) is 0. The molecule has 0 unspecified atom stereocenters. The Morgan fingerprint density at radius 1 is 1.29 bits per heavy atom. The normalized spacial score (nSPS) is 11.7. The van der Waals surface area contributed by atoms with Crippen molar-refractivity contribution < 1.29 is 0 Å². The van der Waals surface area contributed by atoms with Gasteiger partial charge in [-0.3, -0.25) is 0 Å². The fourth-order valence-corrected chi connectivity index (χ4v) is 1.76. The van der Waals surface area contributed by atoms with Crippen molar-refractivity contribution in [3.05, 3.63) is 30.5 Å². The Morgan fingerprint density at radius 3 is 2.82 bits per heavy atom.